The van der Waals surface area contributed by atoms with Gasteiger partial charge in [-0.15, -0.1) is 0 Å². The van der Waals surface area contributed by atoms with Crippen LogP contribution in [-0.4, -0.2) is 50.6 Å². The number of benzene rings is 2. The van der Waals surface area contributed by atoms with Crippen LogP contribution in [0.2, 0.25) is 0 Å². The molecule has 0 spiro atoms. The van der Waals surface area contributed by atoms with E-state index in [0.29, 0.717) is 17.3 Å². The van der Waals surface area contributed by atoms with Crippen molar-refractivity contribution < 1.29 is 38.1 Å². The largest absolute Gasteiger partial charge is 0.459 e. The lowest BCUT2D eigenvalue weighted by molar-refractivity contribution is -0.140. The van der Waals surface area contributed by atoms with Crippen LogP contribution in [0.5, 0.6) is 0 Å². The molecule has 10 nitrogen and oxygen atoms in total. The summed E-state index contributed by atoms with van der Waals surface area (Å²) in [5.41, 5.74) is 4.30. The van der Waals surface area contributed by atoms with Crippen LogP contribution in [0.4, 0.5) is 21.0 Å². The molecule has 1 unspecified atom stereocenters. The SMILES string of the molecule is C=C(C)C(=O)OCCOC(=O)Nc1ccc(CCC(C)(C)CC(C)Cc2ccc(NC(=O)OCCOC(=O)C(=C)C)cc2)cc1. The van der Waals surface area contributed by atoms with E-state index >= 15 is 0 Å². The molecule has 0 radical (unpaired) electrons. The highest BCUT2D eigenvalue weighted by Gasteiger charge is 2.21. The average molecular weight is 623 g/mol. The molecule has 2 amide bonds. The van der Waals surface area contributed by atoms with Gasteiger partial charge in [0.25, 0.3) is 0 Å². The Kier molecular flexibility index (Phi) is 14.9. The Morgan fingerprint density at radius 2 is 1.09 bits per heavy atom. The molecule has 0 aromatic heterocycles. The number of nitrogens with one attached hydrogen (secondary N) is 2. The summed E-state index contributed by atoms with van der Waals surface area (Å²) in [6.45, 7) is 16.7. The smallest absolute Gasteiger partial charge is 0.411 e. The number of rotatable bonds is 17. The van der Waals surface area contributed by atoms with Gasteiger partial charge in [-0.3, -0.25) is 10.6 Å². The van der Waals surface area contributed by atoms with Gasteiger partial charge in [-0.2, -0.15) is 0 Å². The van der Waals surface area contributed by atoms with Gasteiger partial charge in [-0.1, -0.05) is 58.2 Å². The number of aryl methyl sites for hydroxylation is 1. The minimum atomic E-state index is -0.617. The molecule has 0 aliphatic carbocycles. The molecule has 0 saturated carbocycles. The maximum Gasteiger partial charge on any atom is 0.411 e. The normalized spacial score (nSPS) is 11.5. The van der Waals surface area contributed by atoms with Crippen LogP contribution >= 0.6 is 0 Å². The molecule has 0 saturated heterocycles. The highest BCUT2D eigenvalue weighted by Crippen LogP contribution is 2.32. The standard InChI is InChI=1S/C35H46N2O8/c1-24(2)31(38)42-18-20-44-33(40)36-29-12-8-27(9-13-29)16-17-35(6,7)23-26(5)22-28-10-14-30(15-11-28)37-34(41)45-21-19-43-32(39)25(3)4/h8-15,26H,1,3,16-23H2,2,4-7H3,(H,36,40)(H,37,41). The van der Waals surface area contributed by atoms with E-state index in [1.54, 1.807) is 13.8 Å². The number of esters is 2. The molecule has 2 aromatic carbocycles. The van der Waals surface area contributed by atoms with E-state index in [0.717, 1.165) is 25.7 Å². The fourth-order valence-electron chi connectivity index (χ4n) is 4.57. The zero-order valence-corrected chi connectivity index (χ0v) is 27.0. The van der Waals surface area contributed by atoms with Crippen LogP contribution in [0.15, 0.2) is 72.8 Å². The summed E-state index contributed by atoms with van der Waals surface area (Å²) in [7, 11) is 0. The molecule has 0 aliphatic heterocycles. The second-order valence-corrected chi connectivity index (χ2v) is 11.9. The second kappa shape index (κ2) is 18.3. The van der Waals surface area contributed by atoms with E-state index in [9.17, 15) is 19.2 Å². The van der Waals surface area contributed by atoms with Gasteiger partial charge in [0.1, 0.15) is 26.4 Å². The summed E-state index contributed by atoms with van der Waals surface area (Å²) < 4.78 is 19.9. The van der Waals surface area contributed by atoms with Crippen molar-refractivity contribution in [3.63, 3.8) is 0 Å². The molecular weight excluding hydrogens is 576 g/mol. The van der Waals surface area contributed by atoms with Crippen molar-refractivity contribution >= 4 is 35.5 Å². The second-order valence-electron chi connectivity index (χ2n) is 11.9. The van der Waals surface area contributed by atoms with Crippen molar-refractivity contribution in [3.05, 3.63) is 84.0 Å². The van der Waals surface area contributed by atoms with Crippen molar-refractivity contribution in [2.24, 2.45) is 11.3 Å². The van der Waals surface area contributed by atoms with Gasteiger partial charge in [-0.05, 0) is 86.3 Å². The van der Waals surface area contributed by atoms with Crippen LogP contribution in [0.25, 0.3) is 0 Å². The molecule has 2 aromatic rings. The highest BCUT2D eigenvalue weighted by molar-refractivity contribution is 5.87. The third-order valence-electron chi connectivity index (χ3n) is 6.77. The molecule has 244 valence electrons. The quantitative estimate of drug-likeness (QED) is 0.0817. The molecule has 1 atom stereocenters. The summed E-state index contributed by atoms with van der Waals surface area (Å²) in [6, 6.07) is 15.3. The Morgan fingerprint density at radius 3 is 1.51 bits per heavy atom. The van der Waals surface area contributed by atoms with Gasteiger partial charge in [-0.25, -0.2) is 19.2 Å². The predicted octanol–water partition coefficient (Wildman–Crippen LogP) is 7.25. The van der Waals surface area contributed by atoms with Crippen molar-refractivity contribution in [1.82, 2.24) is 0 Å². The van der Waals surface area contributed by atoms with Crippen molar-refractivity contribution in [2.75, 3.05) is 37.1 Å². The first kappa shape index (κ1) is 36.6. The van der Waals surface area contributed by atoms with E-state index in [1.165, 1.54) is 11.1 Å². The van der Waals surface area contributed by atoms with Crippen LogP contribution in [0.1, 0.15) is 58.6 Å². The number of anilines is 2. The molecular formula is C35H46N2O8. The van der Waals surface area contributed by atoms with E-state index in [4.69, 9.17) is 18.9 Å². The van der Waals surface area contributed by atoms with Crippen LogP contribution in [-0.2, 0) is 41.4 Å². The maximum absolute atomic E-state index is 12.0. The van der Waals surface area contributed by atoms with Crippen molar-refractivity contribution in [1.29, 1.82) is 0 Å². The Morgan fingerprint density at radius 1 is 0.689 bits per heavy atom. The lowest BCUT2D eigenvalue weighted by atomic mass is 9.77. The number of hydrogen-bond acceptors (Lipinski definition) is 8. The zero-order valence-electron chi connectivity index (χ0n) is 27.0. The monoisotopic (exact) mass is 622 g/mol. The van der Waals surface area contributed by atoms with Crippen LogP contribution < -0.4 is 10.6 Å². The number of amides is 2. The molecule has 2 rings (SSSR count). The van der Waals surface area contributed by atoms with Gasteiger partial charge in [0.05, 0.1) is 0 Å². The van der Waals surface area contributed by atoms with Crippen LogP contribution in [0, 0.1) is 11.3 Å². The summed E-state index contributed by atoms with van der Waals surface area (Å²) >= 11 is 0. The molecule has 0 heterocycles. The topological polar surface area (TPSA) is 129 Å². The summed E-state index contributed by atoms with van der Waals surface area (Å²) in [5, 5.41) is 5.34. The van der Waals surface area contributed by atoms with Gasteiger partial charge in [0, 0.05) is 22.5 Å². The molecule has 0 aliphatic rings. The minimum absolute atomic E-state index is 0.0334. The lowest BCUT2D eigenvalue weighted by Crippen LogP contribution is -2.19. The summed E-state index contributed by atoms with van der Waals surface area (Å²) in [4.78, 5) is 46.6. The van der Waals surface area contributed by atoms with Gasteiger partial charge < -0.3 is 18.9 Å². The maximum atomic E-state index is 12.0. The number of hydrogen-bond donors (Lipinski definition) is 2. The highest BCUT2D eigenvalue weighted by atomic mass is 16.6. The fraction of sp³-hybridized carbons (Fsp3) is 0.429. The van der Waals surface area contributed by atoms with E-state index in [1.807, 2.05) is 48.5 Å². The number of ether oxygens (including phenoxy) is 4. The first-order valence-corrected chi connectivity index (χ1v) is 14.9. The molecule has 2 N–H and O–H groups in total. The Balaban J connectivity index is 1.70. The van der Waals surface area contributed by atoms with Crippen molar-refractivity contribution in [2.45, 2.75) is 60.3 Å². The molecule has 10 heteroatoms. The van der Waals surface area contributed by atoms with Crippen molar-refractivity contribution in [3.8, 4) is 0 Å². The predicted molar refractivity (Wildman–Crippen MR) is 174 cm³/mol. The molecule has 0 bridgehead atoms. The number of carbonyl (C=O) groups is 4. The average Bonchev–Trinajstić information content (AvgIpc) is 2.97. The Hall–Kier alpha value is -4.60. The Bertz CT molecular complexity index is 1320. The first-order chi connectivity index (χ1) is 21.2. The van der Waals surface area contributed by atoms with E-state index in [-0.39, 0.29) is 43.0 Å². The molecule has 45 heavy (non-hydrogen) atoms. The Labute approximate surface area is 266 Å². The van der Waals surface area contributed by atoms with Gasteiger partial charge >= 0.3 is 24.1 Å². The van der Waals surface area contributed by atoms with Gasteiger partial charge in [0.15, 0.2) is 0 Å². The third-order valence-corrected chi connectivity index (χ3v) is 6.77. The number of carbonyl (C=O) groups excluding carboxylic acids is 4. The van der Waals surface area contributed by atoms with Crippen LogP contribution in [0.3, 0.4) is 0 Å². The van der Waals surface area contributed by atoms with E-state index < -0.39 is 24.1 Å². The zero-order chi connectivity index (χ0) is 33.4. The minimum Gasteiger partial charge on any atom is -0.459 e. The van der Waals surface area contributed by atoms with E-state index in [2.05, 4.69) is 44.6 Å². The lowest BCUT2D eigenvalue weighted by Gasteiger charge is -2.28. The van der Waals surface area contributed by atoms with Gasteiger partial charge in [0.2, 0.25) is 0 Å². The first-order valence-electron chi connectivity index (χ1n) is 14.9. The fourth-order valence-corrected chi connectivity index (χ4v) is 4.57. The summed E-state index contributed by atoms with van der Waals surface area (Å²) in [5.74, 6) is -0.589. The summed E-state index contributed by atoms with van der Waals surface area (Å²) in [6.07, 6.45) is 2.64. The third kappa shape index (κ3) is 15.1. The molecule has 0 fully saturated rings.